The Hall–Kier alpha value is -1.92. The number of nitrogens with two attached hydrogens (primary N) is 1. The van der Waals surface area contributed by atoms with Gasteiger partial charge >= 0.3 is 6.18 Å². The van der Waals surface area contributed by atoms with Gasteiger partial charge in [-0.1, -0.05) is 0 Å². The van der Waals surface area contributed by atoms with Gasteiger partial charge in [-0.2, -0.15) is 18.2 Å². The number of hydrogen-bond donors (Lipinski definition) is 2. The van der Waals surface area contributed by atoms with Crippen molar-refractivity contribution in [1.29, 1.82) is 0 Å². The Balaban J connectivity index is 2.25. The van der Waals surface area contributed by atoms with Crippen LogP contribution in [0.1, 0.15) is 6.92 Å². The van der Waals surface area contributed by atoms with Crippen molar-refractivity contribution in [3.63, 3.8) is 0 Å². The zero-order valence-corrected chi connectivity index (χ0v) is 8.88. The lowest BCUT2D eigenvalue weighted by Crippen LogP contribution is -2.31. The van der Waals surface area contributed by atoms with E-state index in [9.17, 15) is 13.2 Å². The number of aromatic amines is 1. The Morgan fingerprint density at radius 3 is 2.76 bits per heavy atom. The van der Waals surface area contributed by atoms with Gasteiger partial charge in [0.15, 0.2) is 6.10 Å². The second-order valence-corrected chi connectivity index (χ2v) is 3.62. The molecular weight excluding hydrogens is 235 g/mol. The minimum absolute atomic E-state index is 0.171. The summed E-state index contributed by atoms with van der Waals surface area (Å²) in [5.74, 6) is 0. The summed E-state index contributed by atoms with van der Waals surface area (Å²) >= 11 is 0. The molecule has 0 aliphatic rings. The predicted octanol–water partition coefficient (Wildman–Crippen LogP) is 2.47. The first-order valence-electron chi connectivity index (χ1n) is 4.85. The van der Waals surface area contributed by atoms with Crippen LogP contribution in [0.5, 0.6) is 6.01 Å². The molecule has 1 unspecified atom stereocenters. The van der Waals surface area contributed by atoms with Gasteiger partial charge < -0.3 is 15.5 Å². The van der Waals surface area contributed by atoms with Crippen molar-refractivity contribution in [3.8, 4) is 6.01 Å². The monoisotopic (exact) mass is 245 g/mol. The molecule has 1 aromatic heterocycles. The highest BCUT2D eigenvalue weighted by molar-refractivity contribution is 5.79. The summed E-state index contributed by atoms with van der Waals surface area (Å²) < 4.78 is 41.5. The number of hydrogen-bond acceptors (Lipinski definition) is 3. The van der Waals surface area contributed by atoms with Crippen molar-refractivity contribution in [3.05, 3.63) is 18.2 Å². The lowest BCUT2D eigenvalue weighted by molar-refractivity contribution is -0.190. The second kappa shape index (κ2) is 3.83. The zero-order valence-electron chi connectivity index (χ0n) is 8.88. The Morgan fingerprint density at radius 2 is 2.12 bits per heavy atom. The second-order valence-electron chi connectivity index (χ2n) is 3.62. The quantitative estimate of drug-likeness (QED) is 0.799. The number of anilines is 1. The lowest BCUT2D eigenvalue weighted by Gasteiger charge is -2.15. The zero-order chi connectivity index (χ0) is 12.6. The smallest absolute Gasteiger partial charge is 0.425 e. The maximum Gasteiger partial charge on any atom is 0.425 e. The number of benzene rings is 1. The average molecular weight is 245 g/mol. The summed E-state index contributed by atoms with van der Waals surface area (Å²) in [6.07, 6.45) is -6.33. The third-order valence-corrected chi connectivity index (χ3v) is 2.23. The van der Waals surface area contributed by atoms with Gasteiger partial charge in [-0.25, -0.2) is 0 Å². The van der Waals surface area contributed by atoms with Gasteiger partial charge in [-0.3, -0.25) is 0 Å². The fourth-order valence-electron chi connectivity index (χ4n) is 1.29. The highest BCUT2D eigenvalue weighted by Crippen LogP contribution is 2.25. The number of rotatable bonds is 2. The fraction of sp³-hybridized carbons (Fsp3) is 0.300. The van der Waals surface area contributed by atoms with Crippen molar-refractivity contribution >= 4 is 16.7 Å². The standard InChI is InChI=1S/C10H10F3N3O/c1-5(10(11,12)13)17-9-15-7-3-2-6(14)4-8(7)16-9/h2-5H,14H2,1H3,(H,15,16). The summed E-state index contributed by atoms with van der Waals surface area (Å²) in [5.41, 5.74) is 7.07. The number of nitrogen functional groups attached to an aromatic ring is 1. The molecule has 2 rings (SSSR count). The molecule has 0 spiro atoms. The first-order valence-corrected chi connectivity index (χ1v) is 4.85. The Morgan fingerprint density at radius 1 is 1.41 bits per heavy atom. The first-order chi connectivity index (χ1) is 7.86. The van der Waals surface area contributed by atoms with Crippen molar-refractivity contribution in [2.75, 3.05) is 5.73 Å². The van der Waals surface area contributed by atoms with E-state index in [2.05, 4.69) is 14.7 Å². The van der Waals surface area contributed by atoms with Crippen molar-refractivity contribution in [1.82, 2.24) is 9.97 Å². The van der Waals surface area contributed by atoms with E-state index in [1.54, 1.807) is 18.2 Å². The number of nitrogens with zero attached hydrogens (tertiary/aromatic N) is 1. The Labute approximate surface area is 94.6 Å². The van der Waals surface area contributed by atoms with E-state index in [0.717, 1.165) is 6.92 Å². The van der Waals surface area contributed by atoms with Gasteiger partial charge in [0.1, 0.15) is 0 Å². The van der Waals surface area contributed by atoms with E-state index in [1.807, 2.05) is 0 Å². The molecule has 0 bridgehead atoms. The molecular formula is C10H10F3N3O. The highest BCUT2D eigenvalue weighted by Gasteiger charge is 2.38. The molecule has 1 aromatic carbocycles. The van der Waals surface area contributed by atoms with E-state index in [-0.39, 0.29) is 6.01 Å². The van der Waals surface area contributed by atoms with Gasteiger partial charge in [0.25, 0.3) is 6.01 Å². The van der Waals surface area contributed by atoms with Crippen LogP contribution in [0.25, 0.3) is 11.0 Å². The molecule has 17 heavy (non-hydrogen) atoms. The normalized spacial score (nSPS) is 13.9. The largest absolute Gasteiger partial charge is 0.452 e. The Kier molecular flexibility index (Phi) is 2.60. The van der Waals surface area contributed by atoms with E-state index in [4.69, 9.17) is 5.73 Å². The molecule has 0 amide bonds. The molecule has 0 radical (unpaired) electrons. The molecule has 0 saturated heterocycles. The molecule has 4 nitrogen and oxygen atoms in total. The van der Waals surface area contributed by atoms with E-state index in [0.29, 0.717) is 16.7 Å². The molecule has 92 valence electrons. The summed E-state index contributed by atoms with van der Waals surface area (Å²) in [4.78, 5) is 6.50. The highest BCUT2D eigenvalue weighted by atomic mass is 19.4. The maximum atomic E-state index is 12.3. The number of H-pyrrole nitrogens is 1. The van der Waals surface area contributed by atoms with Gasteiger partial charge in [0, 0.05) is 5.69 Å². The van der Waals surface area contributed by atoms with E-state index >= 15 is 0 Å². The fourth-order valence-corrected chi connectivity index (χ4v) is 1.29. The minimum Gasteiger partial charge on any atom is -0.452 e. The number of fused-ring (bicyclic) bond motifs is 1. The van der Waals surface area contributed by atoms with Crippen LogP contribution in [0.15, 0.2) is 18.2 Å². The Bertz CT molecular complexity index is 535. The van der Waals surface area contributed by atoms with Crippen LogP contribution >= 0.6 is 0 Å². The summed E-state index contributed by atoms with van der Waals surface area (Å²) in [5, 5.41) is 0. The molecule has 0 saturated carbocycles. The maximum absolute atomic E-state index is 12.3. The number of imidazole rings is 1. The van der Waals surface area contributed by atoms with E-state index in [1.165, 1.54) is 0 Å². The van der Waals surface area contributed by atoms with Gasteiger partial charge in [0.2, 0.25) is 0 Å². The molecule has 3 N–H and O–H groups in total. The van der Waals surface area contributed by atoms with Crippen LogP contribution in [0.4, 0.5) is 18.9 Å². The van der Waals surface area contributed by atoms with Gasteiger partial charge in [-0.05, 0) is 25.1 Å². The molecule has 1 heterocycles. The molecule has 1 atom stereocenters. The van der Waals surface area contributed by atoms with Gasteiger partial charge in [0.05, 0.1) is 11.0 Å². The average Bonchev–Trinajstić information content (AvgIpc) is 2.57. The summed E-state index contributed by atoms with van der Waals surface area (Å²) in [6, 6.07) is 4.62. The van der Waals surface area contributed by atoms with Crippen LogP contribution in [0.2, 0.25) is 0 Å². The summed E-state index contributed by atoms with van der Waals surface area (Å²) in [6.45, 7) is 0.918. The van der Waals surface area contributed by atoms with Crippen LogP contribution < -0.4 is 10.5 Å². The third kappa shape index (κ3) is 2.43. The number of alkyl halides is 3. The van der Waals surface area contributed by atoms with Crippen LogP contribution in [0, 0.1) is 0 Å². The molecule has 2 aromatic rings. The number of nitrogens with one attached hydrogen (secondary N) is 1. The number of aromatic nitrogens is 2. The van der Waals surface area contributed by atoms with Gasteiger partial charge in [-0.15, -0.1) is 0 Å². The molecule has 7 heteroatoms. The van der Waals surface area contributed by atoms with Crippen molar-refractivity contribution in [2.45, 2.75) is 19.2 Å². The van der Waals surface area contributed by atoms with Crippen molar-refractivity contribution in [2.24, 2.45) is 0 Å². The first kappa shape index (κ1) is 11.6. The van der Waals surface area contributed by atoms with Crippen LogP contribution in [-0.2, 0) is 0 Å². The summed E-state index contributed by atoms with van der Waals surface area (Å²) in [7, 11) is 0. The van der Waals surface area contributed by atoms with Crippen molar-refractivity contribution < 1.29 is 17.9 Å². The number of halogens is 3. The predicted molar refractivity (Wildman–Crippen MR) is 56.7 cm³/mol. The lowest BCUT2D eigenvalue weighted by atomic mass is 10.3. The van der Waals surface area contributed by atoms with Crippen LogP contribution in [-0.4, -0.2) is 22.2 Å². The van der Waals surface area contributed by atoms with Crippen LogP contribution in [0.3, 0.4) is 0 Å². The molecule has 0 aliphatic carbocycles. The number of ether oxygens (including phenoxy) is 1. The third-order valence-electron chi connectivity index (χ3n) is 2.23. The minimum atomic E-state index is -4.42. The molecule has 0 aliphatic heterocycles. The van der Waals surface area contributed by atoms with E-state index < -0.39 is 12.3 Å². The SMILES string of the molecule is CC(Oc1nc2ccc(N)cc2[nH]1)C(F)(F)F. The molecule has 0 fully saturated rings. The topological polar surface area (TPSA) is 63.9 Å².